The number of aliphatic hydroxyl groups excluding tert-OH is 1. The van der Waals surface area contributed by atoms with Gasteiger partial charge in [-0.25, -0.2) is 0 Å². The molecule has 0 spiro atoms. The molecule has 0 heterocycles. The molecule has 1 heteroatoms. The standard InChI is InChI=1S/C28H48O/c1-19(18-29)8-6-9-20(2)24-13-14-25-22-11-12-23-21(3)10-7-16-27(23,4)26(22)15-17-28(24,25)5/h11,19-21,23-26,29H,6-10,12-18H2,1-5H3/t19?,20-,21?,23?,24-,25+,26+,27+,28-/m1/s1. The summed E-state index contributed by atoms with van der Waals surface area (Å²) in [6.45, 7) is 13.0. The zero-order valence-electron chi connectivity index (χ0n) is 20.1. The van der Waals surface area contributed by atoms with Crippen LogP contribution in [0.1, 0.15) is 105 Å². The fraction of sp³-hybridized carbons (Fsp3) is 0.929. The molecule has 4 aliphatic rings. The molecule has 0 amide bonds. The predicted octanol–water partition coefficient (Wildman–Crippen LogP) is 7.64. The molecule has 1 nitrogen and oxygen atoms in total. The summed E-state index contributed by atoms with van der Waals surface area (Å²) in [7, 11) is 0. The molecule has 3 fully saturated rings. The fourth-order valence-electron chi connectivity index (χ4n) is 9.08. The molecule has 3 unspecified atom stereocenters. The lowest BCUT2D eigenvalue weighted by Crippen LogP contribution is -2.50. The van der Waals surface area contributed by atoms with Crippen molar-refractivity contribution >= 4 is 0 Å². The van der Waals surface area contributed by atoms with Crippen LogP contribution in [0.5, 0.6) is 0 Å². The topological polar surface area (TPSA) is 20.2 Å². The fourth-order valence-corrected chi connectivity index (χ4v) is 9.08. The summed E-state index contributed by atoms with van der Waals surface area (Å²) >= 11 is 0. The van der Waals surface area contributed by atoms with Crippen molar-refractivity contribution in [3.63, 3.8) is 0 Å². The Hall–Kier alpha value is -0.300. The van der Waals surface area contributed by atoms with E-state index >= 15 is 0 Å². The lowest BCUT2D eigenvalue weighted by molar-refractivity contribution is -0.0286. The Labute approximate surface area is 181 Å². The van der Waals surface area contributed by atoms with Crippen molar-refractivity contribution in [3.8, 4) is 0 Å². The second kappa shape index (κ2) is 8.33. The predicted molar refractivity (Wildman–Crippen MR) is 124 cm³/mol. The molecule has 166 valence electrons. The van der Waals surface area contributed by atoms with Crippen molar-refractivity contribution < 1.29 is 5.11 Å². The van der Waals surface area contributed by atoms with Gasteiger partial charge in [0, 0.05) is 6.61 Å². The van der Waals surface area contributed by atoms with Crippen LogP contribution in [0.2, 0.25) is 0 Å². The summed E-state index contributed by atoms with van der Waals surface area (Å²) in [4.78, 5) is 0. The molecule has 29 heavy (non-hydrogen) atoms. The van der Waals surface area contributed by atoms with Crippen molar-refractivity contribution in [3.05, 3.63) is 11.6 Å². The summed E-state index contributed by atoms with van der Waals surface area (Å²) < 4.78 is 0. The Morgan fingerprint density at radius 1 is 1.00 bits per heavy atom. The van der Waals surface area contributed by atoms with Gasteiger partial charge in [0.1, 0.15) is 0 Å². The maximum atomic E-state index is 9.33. The second-order valence-corrected chi connectivity index (χ2v) is 12.5. The van der Waals surface area contributed by atoms with Crippen LogP contribution in [0.15, 0.2) is 11.6 Å². The first-order chi connectivity index (χ1) is 13.8. The highest BCUT2D eigenvalue weighted by atomic mass is 16.3. The molecule has 1 N–H and O–H groups in total. The molecule has 3 saturated carbocycles. The van der Waals surface area contributed by atoms with Gasteiger partial charge in [-0.15, -0.1) is 0 Å². The van der Waals surface area contributed by atoms with Gasteiger partial charge in [0.2, 0.25) is 0 Å². The Morgan fingerprint density at radius 2 is 1.76 bits per heavy atom. The normalized spacial score (nSPS) is 46.3. The third-order valence-electron chi connectivity index (χ3n) is 10.9. The van der Waals surface area contributed by atoms with E-state index < -0.39 is 0 Å². The van der Waals surface area contributed by atoms with E-state index in [1.807, 2.05) is 5.57 Å². The second-order valence-electron chi connectivity index (χ2n) is 12.5. The minimum Gasteiger partial charge on any atom is -0.396 e. The largest absolute Gasteiger partial charge is 0.396 e. The highest BCUT2D eigenvalue weighted by Gasteiger charge is 2.58. The van der Waals surface area contributed by atoms with Gasteiger partial charge in [-0.3, -0.25) is 0 Å². The quantitative estimate of drug-likeness (QED) is 0.454. The third-order valence-corrected chi connectivity index (χ3v) is 10.9. The van der Waals surface area contributed by atoms with E-state index in [0.717, 1.165) is 35.5 Å². The van der Waals surface area contributed by atoms with E-state index in [2.05, 4.69) is 40.7 Å². The molecule has 0 radical (unpaired) electrons. The van der Waals surface area contributed by atoms with E-state index in [1.165, 1.54) is 70.6 Å². The maximum Gasteiger partial charge on any atom is 0.0456 e. The number of hydrogen-bond donors (Lipinski definition) is 1. The number of fused-ring (bicyclic) bond motifs is 5. The molecule has 0 saturated heterocycles. The molecule has 0 bridgehead atoms. The smallest absolute Gasteiger partial charge is 0.0456 e. The SMILES string of the molecule is CC(CO)CCC[C@@H](C)[C@H]1CC[C@H]2C3=CCC4C(C)CCC[C@]4(C)[C@H]3CC[C@]12C. The zero-order valence-corrected chi connectivity index (χ0v) is 20.1. The molecular formula is C28H48O. The van der Waals surface area contributed by atoms with Crippen LogP contribution >= 0.6 is 0 Å². The minimum atomic E-state index is 0.353. The molecule has 0 aliphatic heterocycles. The van der Waals surface area contributed by atoms with Gasteiger partial charge in [0.15, 0.2) is 0 Å². The van der Waals surface area contributed by atoms with Crippen molar-refractivity contribution in [2.75, 3.05) is 6.61 Å². The van der Waals surface area contributed by atoms with E-state index in [1.54, 1.807) is 0 Å². The summed E-state index contributed by atoms with van der Waals surface area (Å²) in [5.41, 5.74) is 3.07. The summed E-state index contributed by atoms with van der Waals surface area (Å²) in [5, 5.41) is 9.33. The van der Waals surface area contributed by atoms with Crippen molar-refractivity contribution in [2.45, 2.75) is 105 Å². The average molecular weight is 401 g/mol. The number of aliphatic hydroxyl groups is 1. The molecular weight excluding hydrogens is 352 g/mol. The highest BCUT2D eigenvalue weighted by Crippen LogP contribution is 2.67. The first-order valence-corrected chi connectivity index (χ1v) is 13.1. The minimum absolute atomic E-state index is 0.353. The van der Waals surface area contributed by atoms with Gasteiger partial charge in [-0.2, -0.15) is 0 Å². The van der Waals surface area contributed by atoms with Gasteiger partial charge >= 0.3 is 0 Å². The Morgan fingerprint density at radius 3 is 2.52 bits per heavy atom. The van der Waals surface area contributed by atoms with Crippen LogP contribution in [-0.2, 0) is 0 Å². The molecule has 4 rings (SSSR count). The van der Waals surface area contributed by atoms with Gasteiger partial charge in [0.25, 0.3) is 0 Å². The Kier molecular flexibility index (Phi) is 6.29. The van der Waals surface area contributed by atoms with Crippen molar-refractivity contribution in [1.82, 2.24) is 0 Å². The monoisotopic (exact) mass is 400 g/mol. The van der Waals surface area contributed by atoms with Crippen LogP contribution in [0.25, 0.3) is 0 Å². The van der Waals surface area contributed by atoms with Gasteiger partial charge in [0.05, 0.1) is 0 Å². The van der Waals surface area contributed by atoms with Crippen LogP contribution in [0.4, 0.5) is 0 Å². The maximum absolute atomic E-state index is 9.33. The summed E-state index contributed by atoms with van der Waals surface area (Å²) in [5.74, 6) is 5.87. The van der Waals surface area contributed by atoms with Crippen molar-refractivity contribution in [2.24, 2.45) is 52.3 Å². The van der Waals surface area contributed by atoms with E-state index in [0.29, 0.717) is 23.4 Å². The third kappa shape index (κ3) is 3.66. The number of rotatable bonds is 6. The Balaban J connectivity index is 1.48. The zero-order chi connectivity index (χ0) is 20.8. The van der Waals surface area contributed by atoms with E-state index in [9.17, 15) is 5.11 Å². The van der Waals surface area contributed by atoms with Crippen LogP contribution in [0.3, 0.4) is 0 Å². The Bertz CT molecular complexity index is 607. The van der Waals surface area contributed by atoms with Crippen LogP contribution in [-0.4, -0.2) is 11.7 Å². The van der Waals surface area contributed by atoms with Crippen molar-refractivity contribution in [1.29, 1.82) is 0 Å². The van der Waals surface area contributed by atoms with Crippen LogP contribution in [0, 0.1) is 52.3 Å². The van der Waals surface area contributed by atoms with Crippen LogP contribution < -0.4 is 0 Å². The van der Waals surface area contributed by atoms with E-state index in [4.69, 9.17) is 0 Å². The molecule has 0 aromatic heterocycles. The van der Waals surface area contributed by atoms with Gasteiger partial charge in [-0.05, 0) is 97.2 Å². The summed E-state index contributed by atoms with van der Waals surface area (Å²) in [6.07, 6.45) is 18.2. The first-order valence-electron chi connectivity index (χ1n) is 13.1. The van der Waals surface area contributed by atoms with Gasteiger partial charge < -0.3 is 5.11 Å². The average Bonchev–Trinajstić information content (AvgIpc) is 3.05. The highest BCUT2D eigenvalue weighted by molar-refractivity contribution is 5.27. The molecule has 9 atom stereocenters. The van der Waals surface area contributed by atoms with E-state index in [-0.39, 0.29) is 0 Å². The molecule has 0 aromatic rings. The lowest BCUT2D eigenvalue weighted by Gasteiger charge is -2.58. The molecule has 4 aliphatic carbocycles. The first kappa shape index (κ1) is 21.9. The van der Waals surface area contributed by atoms with Gasteiger partial charge in [-0.1, -0.05) is 72.0 Å². The number of hydrogen-bond acceptors (Lipinski definition) is 1. The summed E-state index contributed by atoms with van der Waals surface area (Å²) in [6, 6.07) is 0. The number of allylic oxidation sites excluding steroid dienone is 2. The lowest BCUT2D eigenvalue weighted by atomic mass is 9.46. The molecule has 0 aromatic carbocycles.